The van der Waals surface area contributed by atoms with E-state index in [1.54, 1.807) is 43.5 Å². The summed E-state index contributed by atoms with van der Waals surface area (Å²) >= 11 is 6.48. The Kier molecular flexibility index (Phi) is 7.52. The Morgan fingerprint density at radius 3 is 2.76 bits per heavy atom. The van der Waals surface area contributed by atoms with Gasteiger partial charge in [0.05, 0.1) is 4.88 Å². The Labute approximate surface area is 155 Å². The molecule has 6 nitrogen and oxygen atoms in total. The number of benzene rings is 1. The molecule has 0 fully saturated rings. The molecule has 0 unspecified atom stereocenters. The van der Waals surface area contributed by atoms with Crippen molar-refractivity contribution in [1.29, 1.82) is 0 Å². The van der Waals surface area contributed by atoms with Gasteiger partial charge >= 0.3 is 0 Å². The lowest BCUT2D eigenvalue weighted by atomic mass is 10.2. The van der Waals surface area contributed by atoms with Crippen LogP contribution < -0.4 is 16.0 Å². The summed E-state index contributed by atoms with van der Waals surface area (Å²) in [5, 5.41) is 10.3. The van der Waals surface area contributed by atoms with Gasteiger partial charge in [-0.1, -0.05) is 12.1 Å². The zero-order valence-electron chi connectivity index (χ0n) is 13.7. The number of hydrogen-bond acceptors (Lipinski definition) is 5. The molecule has 8 heteroatoms. The summed E-state index contributed by atoms with van der Waals surface area (Å²) in [6.45, 7) is 1.14. The van der Waals surface area contributed by atoms with Crippen LogP contribution in [0.4, 0.5) is 5.69 Å². The van der Waals surface area contributed by atoms with Gasteiger partial charge in [0.2, 0.25) is 0 Å². The van der Waals surface area contributed by atoms with Gasteiger partial charge in [-0.15, -0.1) is 11.3 Å². The number of thiophene rings is 1. The van der Waals surface area contributed by atoms with Crippen LogP contribution in [0.25, 0.3) is 0 Å². The molecular weight excluding hydrogens is 358 g/mol. The molecule has 0 bridgehead atoms. The number of ether oxygens (including phenoxy) is 1. The van der Waals surface area contributed by atoms with E-state index in [-0.39, 0.29) is 16.9 Å². The van der Waals surface area contributed by atoms with Gasteiger partial charge in [-0.05, 0) is 48.3 Å². The Balaban J connectivity index is 1.88. The Morgan fingerprint density at radius 2 is 2.04 bits per heavy atom. The standard InChI is InChI=1S/C17H19N3O3S2/c1-23-9-4-8-18-15(21)12-5-2-6-13(11-12)19-17(24)20-16(22)14-7-3-10-25-14/h2-3,5-7,10-11H,4,8-9H2,1H3,(H,18,21)(H2,19,20,22,24). The predicted molar refractivity (Wildman–Crippen MR) is 103 cm³/mol. The van der Waals surface area contributed by atoms with Crippen molar-refractivity contribution in [1.82, 2.24) is 10.6 Å². The van der Waals surface area contributed by atoms with Crippen LogP contribution in [0.15, 0.2) is 41.8 Å². The second-order valence-electron chi connectivity index (χ2n) is 5.07. The van der Waals surface area contributed by atoms with Crippen LogP contribution in [0, 0.1) is 0 Å². The van der Waals surface area contributed by atoms with Crippen molar-refractivity contribution in [3.05, 3.63) is 52.2 Å². The lowest BCUT2D eigenvalue weighted by Crippen LogP contribution is -2.33. The monoisotopic (exact) mass is 377 g/mol. The highest BCUT2D eigenvalue weighted by molar-refractivity contribution is 7.80. The van der Waals surface area contributed by atoms with E-state index in [1.165, 1.54) is 11.3 Å². The number of hydrogen-bond donors (Lipinski definition) is 3. The molecule has 2 amide bonds. The third-order valence-electron chi connectivity index (χ3n) is 3.17. The molecule has 1 aromatic heterocycles. The van der Waals surface area contributed by atoms with Gasteiger partial charge in [-0.2, -0.15) is 0 Å². The van der Waals surface area contributed by atoms with Crippen molar-refractivity contribution in [2.75, 3.05) is 25.6 Å². The molecule has 2 rings (SSSR count). The quantitative estimate of drug-likeness (QED) is 0.511. The van der Waals surface area contributed by atoms with Gasteiger partial charge in [-0.25, -0.2) is 0 Å². The van der Waals surface area contributed by atoms with Gasteiger partial charge < -0.3 is 15.4 Å². The minimum atomic E-state index is -0.264. The van der Waals surface area contributed by atoms with Crippen LogP contribution in [0.3, 0.4) is 0 Å². The number of amides is 2. The average Bonchev–Trinajstić information content (AvgIpc) is 3.13. The summed E-state index contributed by atoms with van der Waals surface area (Å²) in [6, 6.07) is 10.4. The highest BCUT2D eigenvalue weighted by atomic mass is 32.1. The number of carbonyl (C=O) groups excluding carboxylic acids is 2. The van der Waals surface area contributed by atoms with Gasteiger partial charge in [-0.3, -0.25) is 14.9 Å². The molecule has 0 spiro atoms. The van der Waals surface area contributed by atoms with Crippen LogP contribution >= 0.6 is 23.6 Å². The molecule has 2 aromatic rings. The lowest BCUT2D eigenvalue weighted by molar-refractivity contribution is 0.0946. The van der Waals surface area contributed by atoms with E-state index < -0.39 is 0 Å². The van der Waals surface area contributed by atoms with E-state index in [0.717, 1.165) is 6.42 Å². The van der Waals surface area contributed by atoms with Crippen LogP contribution in [0.5, 0.6) is 0 Å². The number of thiocarbonyl (C=S) groups is 1. The summed E-state index contributed by atoms with van der Waals surface area (Å²) in [5.74, 6) is -0.437. The molecule has 0 atom stereocenters. The van der Waals surface area contributed by atoms with Crippen molar-refractivity contribution in [3.8, 4) is 0 Å². The Morgan fingerprint density at radius 1 is 1.20 bits per heavy atom. The summed E-state index contributed by atoms with van der Waals surface area (Å²) in [7, 11) is 1.62. The molecule has 0 aliphatic carbocycles. The lowest BCUT2D eigenvalue weighted by Gasteiger charge is -2.10. The summed E-state index contributed by atoms with van der Waals surface area (Å²) < 4.78 is 4.94. The minimum absolute atomic E-state index is 0.173. The molecule has 1 heterocycles. The first-order valence-electron chi connectivity index (χ1n) is 7.63. The summed E-state index contributed by atoms with van der Waals surface area (Å²) in [5.41, 5.74) is 1.14. The second-order valence-corrected chi connectivity index (χ2v) is 6.42. The highest BCUT2D eigenvalue weighted by Gasteiger charge is 2.10. The van der Waals surface area contributed by atoms with E-state index in [0.29, 0.717) is 29.3 Å². The smallest absolute Gasteiger partial charge is 0.267 e. The fourth-order valence-electron chi connectivity index (χ4n) is 1.99. The minimum Gasteiger partial charge on any atom is -0.385 e. The predicted octanol–water partition coefficient (Wildman–Crippen LogP) is 2.64. The Hall–Kier alpha value is -2.29. The molecule has 132 valence electrons. The first-order valence-corrected chi connectivity index (χ1v) is 8.92. The maximum absolute atomic E-state index is 12.1. The largest absolute Gasteiger partial charge is 0.385 e. The SMILES string of the molecule is COCCCNC(=O)c1cccc(NC(=S)NC(=O)c2cccs2)c1. The normalized spacial score (nSPS) is 10.1. The van der Waals surface area contributed by atoms with Crippen LogP contribution in [-0.4, -0.2) is 37.2 Å². The first kappa shape index (κ1) is 19.0. The van der Waals surface area contributed by atoms with Gasteiger partial charge in [0, 0.05) is 31.5 Å². The van der Waals surface area contributed by atoms with Crippen LogP contribution in [-0.2, 0) is 4.74 Å². The molecule has 3 N–H and O–H groups in total. The van der Waals surface area contributed by atoms with E-state index in [2.05, 4.69) is 16.0 Å². The number of carbonyl (C=O) groups is 2. The van der Waals surface area contributed by atoms with E-state index in [1.807, 2.05) is 5.38 Å². The van der Waals surface area contributed by atoms with E-state index in [4.69, 9.17) is 17.0 Å². The molecule has 1 aromatic carbocycles. The second kappa shape index (κ2) is 9.87. The fraction of sp³-hybridized carbons (Fsp3) is 0.235. The topological polar surface area (TPSA) is 79.5 Å². The number of anilines is 1. The molecule has 0 saturated carbocycles. The zero-order valence-corrected chi connectivity index (χ0v) is 15.3. The molecular formula is C17H19N3O3S2. The number of rotatable bonds is 7. The molecule has 0 saturated heterocycles. The maximum Gasteiger partial charge on any atom is 0.267 e. The van der Waals surface area contributed by atoms with Gasteiger partial charge in [0.25, 0.3) is 11.8 Å². The average molecular weight is 377 g/mol. The third kappa shape index (κ3) is 6.26. The highest BCUT2D eigenvalue weighted by Crippen LogP contribution is 2.11. The van der Waals surface area contributed by atoms with E-state index >= 15 is 0 Å². The van der Waals surface area contributed by atoms with Crippen LogP contribution in [0.2, 0.25) is 0 Å². The first-order chi connectivity index (χ1) is 12.1. The summed E-state index contributed by atoms with van der Waals surface area (Å²) in [4.78, 5) is 24.6. The summed E-state index contributed by atoms with van der Waals surface area (Å²) in [6.07, 6.45) is 0.749. The Bertz CT molecular complexity index is 732. The molecule has 0 aliphatic rings. The molecule has 25 heavy (non-hydrogen) atoms. The van der Waals surface area contributed by atoms with Crippen molar-refractivity contribution in [3.63, 3.8) is 0 Å². The molecule has 0 radical (unpaired) electrons. The third-order valence-corrected chi connectivity index (χ3v) is 4.24. The van der Waals surface area contributed by atoms with Crippen molar-refractivity contribution in [2.24, 2.45) is 0 Å². The van der Waals surface area contributed by atoms with Crippen molar-refractivity contribution < 1.29 is 14.3 Å². The van der Waals surface area contributed by atoms with Gasteiger partial charge in [0.15, 0.2) is 5.11 Å². The number of methoxy groups -OCH3 is 1. The fourth-order valence-corrected chi connectivity index (χ4v) is 2.82. The maximum atomic E-state index is 12.1. The van der Waals surface area contributed by atoms with Crippen molar-refractivity contribution in [2.45, 2.75) is 6.42 Å². The molecule has 0 aliphatic heterocycles. The van der Waals surface area contributed by atoms with Crippen LogP contribution in [0.1, 0.15) is 26.5 Å². The zero-order chi connectivity index (χ0) is 18.1. The van der Waals surface area contributed by atoms with E-state index in [9.17, 15) is 9.59 Å². The van der Waals surface area contributed by atoms with Gasteiger partial charge in [0.1, 0.15) is 0 Å². The van der Waals surface area contributed by atoms with Crippen molar-refractivity contribution >= 4 is 46.2 Å². The number of nitrogens with one attached hydrogen (secondary N) is 3.